The van der Waals surface area contributed by atoms with Crippen LogP contribution in [0.5, 0.6) is 0 Å². The highest BCUT2D eigenvalue weighted by Gasteiger charge is 2.22. The fourth-order valence-corrected chi connectivity index (χ4v) is 2.64. The molecule has 0 radical (unpaired) electrons. The number of hydrogen-bond donors (Lipinski definition) is 2. The van der Waals surface area contributed by atoms with Crippen LogP contribution in [0.15, 0.2) is 48.0 Å². The molecule has 2 aromatic rings. The number of carboxylic acids is 2. The van der Waals surface area contributed by atoms with E-state index >= 15 is 0 Å². The molecule has 2 aromatic carbocycles. The van der Waals surface area contributed by atoms with Gasteiger partial charge in [0.15, 0.2) is 0 Å². The first-order chi connectivity index (χ1) is 11.4. The van der Waals surface area contributed by atoms with Gasteiger partial charge in [-0.05, 0) is 21.9 Å². The summed E-state index contributed by atoms with van der Waals surface area (Å²) in [4.78, 5) is 34.7. The summed E-state index contributed by atoms with van der Waals surface area (Å²) in [5.74, 6) is -2.69. The van der Waals surface area contributed by atoms with Gasteiger partial charge in [-0.25, -0.2) is 4.79 Å². The number of carbonyl (C=O) groups excluding carboxylic acids is 1. The van der Waals surface area contributed by atoms with E-state index in [9.17, 15) is 19.5 Å². The summed E-state index contributed by atoms with van der Waals surface area (Å²) in [6, 6.07) is 12.8. The van der Waals surface area contributed by atoms with E-state index in [0.29, 0.717) is 5.56 Å². The molecule has 0 aliphatic heterocycles. The molecule has 0 amide bonds. The van der Waals surface area contributed by atoms with Crippen LogP contribution in [-0.4, -0.2) is 27.9 Å². The van der Waals surface area contributed by atoms with Crippen LogP contribution in [0.3, 0.4) is 0 Å². The van der Waals surface area contributed by atoms with Gasteiger partial charge >= 0.3 is 11.9 Å². The topological polar surface area (TPSA) is 91.7 Å². The van der Waals surface area contributed by atoms with Crippen LogP contribution >= 0.6 is 0 Å². The SMILES string of the molecule is CCC(=O)CC(=C(CC(=O)O)C(=O)O)c1cccc2ccccc12. The van der Waals surface area contributed by atoms with Gasteiger partial charge in [0.1, 0.15) is 5.78 Å². The van der Waals surface area contributed by atoms with Gasteiger partial charge in [-0.15, -0.1) is 0 Å². The van der Waals surface area contributed by atoms with Gasteiger partial charge in [0.2, 0.25) is 0 Å². The molecule has 0 bridgehead atoms. The zero-order valence-electron chi connectivity index (χ0n) is 13.3. The summed E-state index contributed by atoms with van der Waals surface area (Å²) in [7, 11) is 0. The normalized spacial score (nSPS) is 11.9. The van der Waals surface area contributed by atoms with Crippen molar-refractivity contribution in [1.29, 1.82) is 0 Å². The van der Waals surface area contributed by atoms with Crippen molar-refractivity contribution >= 4 is 34.1 Å². The maximum absolute atomic E-state index is 12.0. The highest BCUT2D eigenvalue weighted by atomic mass is 16.4. The van der Waals surface area contributed by atoms with E-state index in [4.69, 9.17) is 5.11 Å². The van der Waals surface area contributed by atoms with Crippen molar-refractivity contribution < 1.29 is 24.6 Å². The summed E-state index contributed by atoms with van der Waals surface area (Å²) >= 11 is 0. The molecule has 124 valence electrons. The molecule has 0 spiro atoms. The Kier molecular flexibility index (Phi) is 5.47. The number of benzene rings is 2. The number of carboxylic acid groups (broad SMARTS) is 2. The number of Topliss-reactive ketones (excluding diaryl/α,β-unsaturated/α-hetero) is 1. The van der Waals surface area contributed by atoms with Gasteiger partial charge in [-0.1, -0.05) is 49.4 Å². The molecule has 24 heavy (non-hydrogen) atoms. The third-order valence-corrected chi connectivity index (χ3v) is 3.83. The maximum Gasteiger partial charge on any atom is 0.332 e. The minimum Gasteiger partial charge on any atom is -0.481 e. The van der Waals surface area contributed by atoms with Gasteiger partial charge in [0.25, 0.3) is 0 Å². The second kappa shape index (κ2) is 7.55. The van der Waals surface area contributed by atoms with Crippen LogP contribution in [0.4, 0.5) is 0 Å². The van der Waals surface area contributed by atoms with E-state index in [1.54, 1.807) is 19.1 Å². The molecular formula is C19H18O5. The standard InChI is InChI=1S/C19H18O5/c1-2-13(20)10-16(17(19(23)24)11-18(21)22)15-9-5-7-12-6-3-4-8-14(12)15/h3-9H,2,10-11H2,1H3,(H,21,22)(H,23,24). The second-order valence-electron chi connectivity index (χ2n) is 5.43. The predicted octanol–water partition coefficient (Wildman–Crippen LogP) is 3.52. The van der Waals surface area contributed by atoms with E-state index in [0.717, 1.165) is 10.8 Å². The van der Waals surface area contributed by atoms with Crippen LogP contribution in [0.2, 0.25) is 0 Å². The zero-order chi connectivity index (χ0) is 17.7. The first-order valence-corrected chi connectivity index (χ1v) is 7.61. The van der Waals surface area contributed by atoms with Crippen molar-refractivity contribution in [3.63, 3.8) is 0 Å². The molecule has 0 saturated heterocycles. The van der Waals surface area contributed by atoms with Crippen LogP contribution in [-0.2, 0) is 14.4 Å². The summed E-state index contributed by atoms with van der Waals surface area (Å²) in [5.41, 5.74) is 0.614. The van der Waals surface area contributed by atoms with Gasteiger partial charge in [0.05, 0.1) is 12.0 Å². The third kappa shape index (κ3) is 3.87. The van der Waals surface area contributed by atoms with Crippen molar-refractivity contribution in [2.45, 2.75) is 26.2 Å². The largest absolute Gasteiger partial charge is 0.481 e. The lowest BCUT2D eigenvalue weighted by Crippen LogP contribution is -2.12. The monoisotopic (exact) mass is 326 g/mol. The fraction of sp³-hybridized carbons (Fsp3) is 0.211. The average molecular weight is 326 g/mol. The summed E-state index contributed by atoms with van der Waals surface area (Å²) in [6.07, 6.45) is -0.474. The fourth-order valence-electron chi connectivity index (χ4n) is 2.64. The molecule has 5 nitrogen and oxygen atoms in total. The van der Waals surface area contributed by atoms with Crippen molar-refractivity contribution in [2.75, 3.05) is 0 Å². The van der Waals surface area contributed by atoms with Crippen molar-refractivity contribution in [2.24, 2.45) is 0 Å². The Morgan fingerprint density at radius 1 is 0.917 bits per heavy atom. The zero-order valence-corrected chi connectivity index (χ0v) is 13.3. The molecule has 0 aliphatic carbocycles. The van der Waals surface area contributed by atoms with Crippen molar-refractivity contribution in [1.82, 2.24) is 0 Å². The van der Waals surface area contributed by atoms with E-state index in [2.05, 4.69) is 0 Å². The Labute approximate surface area is 139 Å². The van der Waals surface area contributed by atoms with E-state index in [1.165, 1.54) is 0 Å². The highest BCUT2D eigenvalue weighted by molar-refractivity contribution is 6.08. The minimum atomic E-state index is -1.32. The van der Waals surface area contributed by atoms with E-state index in [1.807, 2.05) is 30.3 Å². The molecule has 0 aliphatic rings. The quantitative estimate of drug-likeness (QED) is 0.760. The average Bonchev–Trinajstić information content (AvgIpc) is 2.56. The predicted molar refractivity (Wildman–Crippen MR) is 90.7 cm³/mol. The molecule has 0 saturated carbocycles. The van der Waals surface area contributed by atoms with Gasteiger partial charge < -0.3 is 10.2 Å². The summed E-state index contributed by atoms with van der Waals surface area (Å²) < 4.78 is 0. The minimum absolute atomic E-state index is 0.0978. The van der Waals surface area contributed by atoms with Crippen molar-refractivity contribution in [3.05, 3.63) is 53.6 Å². The Bertz CT molecular complexity index is 827. The molecular weight excluding hydrogens is 308 g/mol. The number of rotatable bonds is 7. The molecule has 5 heteroatoms. The third-order valence-electron chi connectivity index (χ3n) is 3.83. The van der Waals surface area contributed by atoms with Crippen LogP contribution in [0.25, 0.3) is 16.3 Å². The van der Waals surface area contributed by atoms with Crippen LogP contribution in [0, 0.1) is 0 Å². The lowest BCUT2D eigenvalue weighted by Gasteiger charge is -2.14. The highest BCUT2D eigenvalue weighted by Crippen LogP contribution is 2.31. The number of aliphatic carboxylic acids is 2. The first-order valence-electron chi connectivity index (χ1n) is 7.61. The number of allylic oxidation sites excluding steroid dienone is 1. The summed E-state index contributed by atoms with van der Waals surface area (Å²) in [5, 5.41) is 20.2. The molecule has 0 heterocycles. The Morgan fingerprint density at radius 2 is 1.58 bits per heavy atom. The number of ketones is 1. The smallest absolute Gasteiger partial charge is 0.332 e. The Balaban J connectivity index is 2.75. The summed E-state index contributed by atoms with van der Waals surface area (Å²) in [6.45, 7) is 1.70. The second-order valence-corrected chi connectivity index (χ2v) is 5.43. The van der Waals surface area contributed by atoms with Crippen LogP contribution in [0.1, 0.15) is 31.7 Å². The lowest BCUT2D eigenvalue weighted by molar-refractivity contribution is -0.139. The Hall–Kier alpha value is -2.95. The number of fused-ring (bicyclic) bond motifs is 1. The number of hydrogen-bond acceptors (Lipinski definition) is 3. The molecule has 0 aromatic heterocycles. The molecule has 0 unspecified atom stereocenters. The van der Waals surface area contributed by atoms with Gasteiger partial charge in [-0.3, -0.25) is 9.59 Å². The van der Waals surface area contributed by atoms with Crippen molar-refractivity contribution in [3.8, 4) is 0 Å². The van der Waals surface area contributed by atoms with Gasteiger partial charge in [-0.2, -0.15) is 0 Å². The lowest BCUT2D eigenvalue weighted by atomic mass is 9.89. The Morgan fingerprint density at radius 3 is 2.21 bits per heavy atom. The molecule has 0 fully saturated rings. The van der Waals surface area contributed by atoms with E-state index < -0.39 is 18.4 Å². The maximum atomic E-state index is 12.0. The molecule has 2 N–H and O–H groups in total. The molecule has 0 atom stereocenters. The van der Waals surface area contributed by atoms with Gasteiger partial charge in [0, 0.05) is 12.8 Å². The number of carbonyl (C=O) groups is 3. The van der Waals surface area contributed by atoms with E-state index in [-0.39, 0.29) is 29.8 Å². The van der Waals surface area contributed by atoms with Crippen LogP contribution < -0.4 is 0 Å². The first kappa shape index (κ1) is 17.4. The molecule has 2 rings (SSSR count).